The topological polar surface area (TPSA) is 61.4 Å². The van der Waals surface area contributed by atoms with Crippen LogP contribution < -0.4 is 10.6 Å². The number of aliphatic hydroxyl groups excluding tert-OH is 1. The fraction of sp³-hybridized carbons (Fsp3) is 0.923. The fourth-order valence-corrected chi connectivity index (χ4v) is 1.84. The lowest BCUT2D eigenvalue weighted by Gasteiger charge is -2.41. The molecule has 0 aromatic heterocycles. The highest BCUT2D eigenvalue weighted by Crippen LogP contribution is 2.62. The number of alkyl halides is 15. The molecule has 0 aromatic carbocycles. The molecule has 0 spiro atoms. The van der Waals surface area contributed by atoms with Crippen molar-refractivity contribution in [1.29, 1.82) is 0 Å². The molecule has 0 heterocycles. The Bertz CT molecular complexity index is 648. The first-order valence-electron chi connectivity index (χ1n) is 7.92. The molecule has 0 atom stereocenters. The number of carbonyl (C=O) groups excluding carboxylic acids is 1. The molecule has 4 nitrogen and oxygen atoms in total. The number of nitrogens with one attached hydrogen (secondary N) is 2. The van der Waals surface area contributed by atoms with Crippen molar-refractivity contribution in [2.45, 2.75) is 48.1 Å². The van der Waals surface area contributed by atoms with Crippen molar-refractivity contribution in [3.63, 3.8) is 0 Å². The van der Waals surface area contributed by atoms with Crippen molar-refractivity contribution < 1.29 is 75.8 Å². The SMILES string of the molecule is O=C(NCCCNCCO)C(F)(F)C(F)(F)C(F)(F)C(F)(F)C(F)(F)C(F)(F)C(F)(F)F. The Morgan fingerprint density at radius 3 is 1.41 bits per heavy atom. The first kappa shape index (κ1) is 30.3. The van der Waals surface area contributed by atoms with Gasteiger partial charge >= 0.3 is 41.7 Å². The van der Waals surface area contributed by atoms with Gasteiger partial charge in [0.1, 0.15) is 0 Å². The van der Waals surface area contributed by atoms with Crippen LogP contribution >= 0.6 is 0 Å². The van der Waals surface area contributed by atoms with Gasteiger partial charge in [0.25, 0.3) is 5.91 Å². The Balaban J connectivity index is 5.92. The van der Waals surface area contributed by atoms with Gasteiger partial charge in [-0.25, -0.2) is 0 Å². The van der Waals surface area contributed by atoms with Crippen molar-refractivity contribution in [2.24, 2.45) is 0 Å². The van der Waals surface area contributed by atoms with Crippen molar-refractivity contribution in [3.05, 3.63) is 0 Å². The van der Waals surface area contributed by atoms with Crippen LogP contribution in [0.15, 0.2) is 0 Å². The van der Waals surface area contributed by atoms with E-state index in [9.17, 15) is 70.7 Å². The first-order valence-corrected chi connectivity index (χ1v) is 7.92. The number of amides is 1. The Kier molecular flexibility index (Phi) is 8.82. The summed E-state index contributed by atoms with van der Waals surface area (Å²) in [4.78, 5) is 11.1. The van der Waals surface area contributed by atoms with Crippen LogP contribution in [0, 0.1) is 0 Å². The van der Waals surface area contributed by atoms with E-state index in [0.29, 0.717) is 0 Å². The maximum atomic E-state index is 13.5. The summed E-state index contributed by atoms with van der Waals surface area (Å²) in [5, 5.41) is 11.6. The van der Waals surface area contributed by atoms with Crippen LogP contribution in [-0.4, -0.2) is 79.0 Å². The van der Waals surface area contributed by atoms with Gasteiger partial charge in [0.2, 0.25) is 0 Å². The van der Waals surface area contributed by atoms with E-state index in [0.717, 1.165) is 5.32 Å². The van der Waals surface area contributed by atoms with Gasteiger partial charge < -0.3 is 15.7 Å². The van der Waals surface area contributed by atoms with Crippen molar-refractivity contribution in [3.8, 4) is 0 Å². The Labute approximate surface area is 168 Å². The maximum Gasteiger partial charge on any atom is 0.460 e. The highest BCUT2D eigenvalue weighted by Gasteiger charge is 2.94. The van der Waals surface area contributed by atoms with E-state index in [1.165, 1.54) is 0 Å². The average molecular weight is 514 g/mol. The maximum absolute atomic E-state index is 13.5. The summed E-state index contributed by atoms with van der Waals surface area (Å²) in [7, 11) is 0. The van der Waals surface area contributed by atoms with E-state index < -0.39 is 67.2 Å². The summed E-state index contributed by atoms with van der Waals surface area (Å²) in [5.74, 6) is -51.4. The Morgan fingerprint density at radius 2 is 1.00 bits per heavy atom. The van der Waals surface area contributed by atoms with Gasteiger partial charge in [-0.05, 0) is 13.0 Å². The molecule has 0 fully saturated rings. The highest BCUT2D eigenvalue weighted by atomic mass is 19.4. The van der Waals surface area contributed by atoms with E-state index in [-0.39, 0.29) is 13.1 Å². The molecule has 0 aliphatic rings. The summed E-state index contributed by atoms with van der Waals surface area (Å²) in [6.07, 6.45) is -8.09. The van der Waals surface area contributed by atoms with Crippen molar-refractivity contribution in [2.75, 3.05) is 26.2 Å². The zero-order chi connectivity index (χ0) is 26.0. The molecule has 19 heteroatoms. The number of hydrogen-bond acceptors (Lipinski definition) is 3. The van der Waals surface area contributed by atoms with Crippen molar-refractivity contribution in [1.82, 2.24) is 10.6 Å². The number of rotatable bonds is 12. The summed E-state index contributed by atoms with van der Waals surface area (Å²) >= 11 is 0. The highest BCUT2D eigenvalue weighted by molar-refractivity contribution is 5.84. The summed E-state index contributed by atoms with van der Waals surface area (Å²) in [5.41, 5.74) is 0. The van der Waals surface area contributed by atoms with E-state index >= 15 is 0 Å². The summed E-state index contributed by atoms with van der Waals surface area (Å²) < 4.78 is 194. The van der Waals surface area contributed by atoms with Crippen LogP contribution in [0.4, 0.5) is 65.9 Å². The summed E-state index contributed by atoms with van der Waals surface area (Å²) in [6, 6.07) is 0. The van der Waals surface area contributed by atoms with Gasteiger partial charge in [0.05, 0.1) is 6.61 Å². The molecule has 1 amide bonds. The number of halogens is 15. The van der Waals surface area contributed by atoms with Gasteiger partial charge in [-0.2, -0.15) is 65.9 Å². The monoisotopic (exact) mass is 514 g/mol. The lowest BCUT2D eigenvalue weighted by Crippen LogP contribution is -2.74. The van der Waals surface area contributed by atoms with Gasteiger partial charge in [-0.1, -0.05) is 0 Å². The zero-order valence-electron chi connectivity index (χ0n) is 15.1. The van der Waals surface area contributed by atoms with Crippen LogP contribution in [0.2, 0.25) is 0 Å². The van der Waals surface area contributed by atoms with E-state index in [4.69, 9.17) is 5.11 Å². The van der Waals surface area contributed by atoms with Crippen LogP contribution in [0.1, 0.15) is 6.42 Å². The summed E-state index contributed by atoms with van der Waals surface area (Å²) in [6.45, 7) is -1.71. The van der Waals surface area contributed by atoms with Crippen LogP contribution in [0.3, 0.4) is 0 Å². The Morgan fingerprint density at radius 1 is 0.594 bits per heavy atom. The minimum atomic E-state index is -8.43. The molecule has 3 N–H and O–H groups in total. The van der Waals surface area contributed by atoms with E-state index in [2.05, 4.69) is 5.32 Å². The number of aliphatic hydroxyl groups is 1. The van der Waals surface area contributed by atoms with Crippen LogP contribution in [0.25, 0.3) is 0 Å². The largest absolute Gasteiger partial charge is 0.460 e. The average Bonchev–Trinajstić information content (AvgIpc) is 2.62. The lowest BCUT2D eigenvalue weighted by atomic mass is 9.91. The number of carbonyl (C=O) groups is 1. The molecule has 0 rings (SSSR count). The predicted molar refractivity (Wildman–Crippen MR) is 73.3 cm³/mol. The molecular weight excluding hydrogens is 501 g/mol. The third-order valence-corrected chi connectivity index (χ3v) is 3.72. The van der Waals surface area contributed by atoms with Crippen LogP contribution in [-0.2, 0) is 4.79 Å². The molecule has 192 valence electrons. The van der Waals surface area contributed by atoms with Crippen LogP contribution in [0.5, 0.6) is 0 Å². The van der Waals surface area contributed by atoms with Crippen molar-refractivity contribution >= 4 is 5.91 Å². The quantitative estimate of drug-likeness (QED) is 0.277. The molecule has 0 aromatic rings. The number of hydrogen-bond donors (Lipinski definition) is 3. The molecule has 0 saturated heterocycles. The lowest BCUT2D eigenvalue weighted by molar-refractivity contribution is -0.449. The van der Waals surface area contributed by atoms with Gasteiger partial charge in [-0.15, -0.1) is 0 Å². The second-order valence-corrected chi connectivity index (χ2v) is 6.03. The molecule has 0 aliphatic carbocycles. The molecule has 0 bridgehead atoms. The fourth-order valence-electron chi connectivity index (χ4n) is 1.84. The minimum Gasteiger partial charge on any atom is -0.395 e. The normalized spacial score (nSPS) is 15.1. The molecule has 0 radical (unpaired) electrons. The molecule has 0 saturated carbocycles. The van der Waals surface area contributed by atoms with Gasteiger partial charge in [0, 0.05) is 13.1 Å². The zero-order valence-corrected chi connectivity index (χ0v) is 15.1. The standard InChI is InChI=1S/C13H13F15N2O2/c14-7(15,6(32)30-3-1-2-29-4-5-31)8(16,17)9(18,19)10(20,21)11(22,23)12(24,25)13(26,27)28/h29,31H,1-5H2,(H,30,32). The van der Waals surface area contributed by atoms with E-state index in [1.54, 1.807) is 0 Å². The second-order valence-electron chi connectivity index (χ2n) is 6.03. The molecule has 32 heavy (non-hydrogen) atoms. The van der Waals surface area contributed by atoms with Gasteiger partial charge in [0.15, 0.2) is 0 Å². The molecule has 0 aliphatic heterocycles. The first-order chi connectivity index (χ1) is 14.0. The molecule has 0 unspecified atom stereocenters. The molecular formula is C13H13F15N2O2. The predicted octanol–water partition coefficient (Wildman–Crippen LogP) is 3.45. The third kappa shape index (κ3) is 4.81. The van der Waals surface area contributed by atoms with Gasteiger partial charge in [-0.3, -0.25) is 4.79 Å². The third-order valence-electron chi connectivity index (χ3n) is 3.72. The van der Waals surface area contributed by atoms with E-state index in [1.807, 2.05) is 0 Å². The minimum absolute atomic E-state index is 0.0692. The second kappa shape index (κ2) is 9.30. The smallest absolute Gasteiger partial charge is 0.395 e. The Hall–Kier alpha value is -1.66.